The zero-order valence-corrected chi connectivity index (χ0v) is 17.5. The van der Waals surface area contributed by atoms with Gasteiger partial charge in [0.25, 0.3) is 15.9 Å². The first kappa shape index (κ1) is 20.6. The van der Waals surface area contributed by atoms with E-state index < -0.39 is 10.0 Å². The second-order valence-corrected chi connectivity index (χ2v) is 8.78. The van der Waals surface area contributed by atoms with Gasteiger partial charge in [-0.2, -0.15) is 0 Å². The van der Waals surface area contributed by atoms with Crippen LogP contribution in [-0.2, 0) is 16.4 Å². The third-order valence-corrected chi connectivity index (χ3v) is 6.57. The number of nitrogens with zero attached hydrogens (tertiary/aromatic N) is 1. The molecule has 1 N–H and O–H groups in total. The molecule has 0 radical (unpaired) electrons. The van der Waals surface area contributed by atoms with E-state index in [9.17, 15) is 13.2 Å². The van der Waals surface area contributed by atoms with Gasteiger partial charge in [0.1, 0.15) is 0 Å². The van der Waals surface area contributed by atoms with E-state index >= 15 is 0 Å². The molecule has 5 nitrogen and oxygen atoms in total. The van der Waals surface area contributed by atoms with Gasteiger partial charge in [0.15, 0.2) is 0 Å². The van der Waals surface area contributed by atoms with E-state index in [0.717, 1.165) is 16.3 Å². The number of hydrogen-bond acceptors (Lipinski definition) is 3. The van der Waals surface area contributed by atoms with Crippen LogP contribution in [0.1, 0.15) is 28.4 Å². The van der Waals surface area contributed by atoms with Gasteiger partial charge < -0.3 is 5.32 Å². The van der Waals surface area contributed by atoms with Crippen LogP contribution in [0, 0.1) is 6.92 Å². The zero-order chi connectivity index (χ0) is 21.0. The van der Waals surface area contributed by atoms with Crippen molar-refractivity contribution < 1.29 is 13.2 Å². The van der Waals surface area contributed by atoms with Gasteiger partial charge in [-0.1, -0.05) is 48.9 Å². The number of sulfonamides is 1. The fourth-order valence-electron chi connectivity index (χ4n) is 2.96. The normalized spacial score (nSPS) is 11.1. The first-order valence-corrected chi connectivity index (χ1v) is 10.8. The standard InChI is InChI=1S/C23H24N2O3S/c1-4-18-11-13-19(14-12-18)24-23(26)21-7-5-6-8-22(21)25(3)29(27,28)20-15-9-17(2)10-16-20/h5-16H,4H2,1-3H3,(H,24,26). The summed E-state index contributed by atoms with van der Waals surface area (Å²) in [6.07, 6.45) is 0.915. The number of nitrogens with one attached hydrogen (secondary N) is 1. The van der Waals surface area contributed by atoms with E-state index in [4.69, 9.17) is 0 Å². The molecule has 6 heteroatoms. The van der Waals surface area contributed by atoms with Crippen LogP contribution in [0.15, 0.2) is 77.7 Å². The predicted molar refractivity (Wildman–Crippen MR) is 117 cm³/mol. The van der Waals surface area contributed by atoms with Gasteiger partial charge in [-0.15, -0.1) is 0 Å². The molecule has 0 heterocycles. The maximum absolute atomic E-state index is 13.0. The zero-order valence-electron chi connectivity index (χ0n) is 16.7. The lowest BCUT2D eigenvalue weighted by Crippen LogP contribution is -2.29. The Kier molecular flexibility index (Phi) is 6.03. The highest BCUT2D eigenvalue weighted by Crippen LogP contribution is 2.26. The number of para-hydroxylation sites is 1. The summed E-state index contributed by atoms with van der Waals surface area (Å²) in [5, 5.41) is 2.84. The SMILES string of the molecule is CCc1ccc(NC(=O)c2ccccc2N(C)S(=O)(=O)c2ccc(C)cc2)cc1. The maximum atomic E-state index is 13.0. The van der Waals surface area contributed by atoms with Crippen molar-refractivity contribution in [2.45, 2.75) is 25.2 Å². The van der Waals surface area contributed by atoms with E-state index in [0.29, 0.717) is 11.4 Å². The molecule has 150 valence electrons. The molecule has 29 heavy (non-hydrogen) atoms. The average Bonchev–Trinajstić information content (AvgIpc) is 2.74. The van der Waals surface area contributed by atoms with Crippen molar-refractivity contribution in [2.24, 2.45) is 0 Å². The van der Waals surface area contributed by atoms with Crippen molar-refractivity contribution in [2.75, 3.05) is 16.7 Å². The summed E-state index contributed by atoms with van der Waals surface area (Å²) in [5.74, 6) is -0.365. The number of anilines is 2. The number of hydrogen-bond donors (Lipinski definition) is 1. The molecule has 0 atom stereocenters. The molecular formula is C23H24N2O3S. The van der Waals surface area contributed by atoms with Crippen molar-refractivity contribution in [1.29, 1.82) is 0 Å². The third-order valence-electron chi connectivity index (χ3n) is 4.79. The van der Waals surface area contributed by atoms with Gasteiger partial charge in [-0.3, -0.25) is 9.10 Å². The van der Waals surface area contributed by atoms with Gasteiger partial charge in [-0.25, -0.2) is 8.42 Å². The van der Waals surface area contributed by atoms with Crippen molar-refractivity contribution >= 4 is 27.3 Å². The largest absolute Gasteiger partial charge is 0.322 e. The molecule has 0 aromatic heterocycles. The second kappa shape index (κ2) is 8.49. The highest BCUT2D eigenvalue weighted by atomic mass is 32.2. The van der Waals surface area contributed by atoms with E-state index in [1.54, 1.807) is 48.5 Å². The fourth-order valence-corrected chi connectivity index (χ4v) is 4.17. The molecule has 0 bridgehead atoms. The van der Waals surface area contributed by atoms with E-state index in [1.165, 1.54) is 12.6 Å². The lowest BCUT2D eigenvalue weighted by molar-refractivity contribution is 0.102. The van der Waals surface area contributed by atoms with Crippen LogP contribution in [0.2, 0.25) is 0 Å². The van der Waals surface area contributed by atoms with Gasteiger partial charge in [-0.05, 0) is 55.3 Å². The number of amides is 1. The number of carbonyl (C=O) groups excluding carboxylic acids is 1. The molecule has 0 unspecified atom stereocenters. The maximum Gasteiger partial charge on any atom is 0.264 e. The van der Waals surface area contributed by atoms with Crippen LogP contribution in [-0.4, -0.2) is 21.4 Å². The Morgan fingerprint density at radius 3 is 2.17 bits per heavy atom. The fraction of sp³-hybridized carbons (Fsp3) is 0.174. The summed E-state index contributed by atoms with van der Waals surface area (Å²) in [5.41, 5.74) is 3.40. The lowest BCUT2D eigenvalue weighted by Gasteiger charge is -2.22. The number of carbonyl (C=O) groups is 1. The predicted octanol–water partition coefficient (Wildman–Crippen LogP) is 4.63. The van der Waals surface area contributed by atoms with Crippen LogP contribution in [0.3, 0.4) is 0 Å². The van der Waals surface area contributed by atoms with Crippen LogP contribution >= 0.6 is 0 Å². The highest BCUT2D eigenvalue weighted by molar-refractivity contribution is 7.92. The molecule has 1 amide bonds. The van der Waals surface area contributed by atoms with Gasteiger partial charge >= 0.3 is 0 Å². The molecule has 0 saturated heterocycles. The number of rotatable bonds is 6. The summed E-state index contributed by atoms with van der Waals surface area (Å²) in [6, 6.07) is 20.9. The first-order valence-electron chi connectivity index (χ1n) is 9.38. The Balaban J connectivity index is 1.91. The molecule has 3 rings (SSSR count). The smallest absolute Gasteiger partial charge is 0.264 e. The van der Waals surface area contributed by atoms with Crippen molar-refractivity contribution in [1.82, 2.24) is 0 Å². The van der Waals surface area contributed by atoms with Crippen molar-refractivity contribution in [3.05, 3.63) is 89.5 Å². The summed E-state index contributed by atoms with van der Waals surface area (Å²) >= 11 is 0. The Bertz CT molecular complexity index is 1110. The molecule has 0 aliphatic carbocycles. The van der Waals surface area contributed by atoms with Crippen molar-refractivity contribution in [3.8, 4) is 0 Å². The molecule has 0 aliphatic rings. The molecule has 3 aromatic carbocycles. The minimum atomic E-state index is -3.79. The number of aryl methyl sites for hydroxylation is 2. The van der Waals surface area contributed by atoms with Crippen LogP contribution in [0.4, 0.5) is 11.4 Å². The lowest BCUT2D eigenvalue weighted by atomic mass is 10.1. The highest BCUT2D eigenvalue weighted by Gasteiger charge is 2.25. The summed E-state index contributed by atoms with van der Waals surface area (Å²) in [4.78, 5) is 13.0. The van der Waals surface area contributed by atoms with Crippen LogP contribution in [0.25, 0.3) is 0 Å². The molecular weight excluding hydrogens is 384 g/mol. The first-order chi connectivity index (χ1) is 13.8. The van der Waals surface area contributed by atoms with Crippen LogP contribution < -0.4 is 9.62 Å². The Labute approximate surface area is 172 Å². The van der Waals surface area contributed by atoms with Crippen molar-refractivity contribution in [3.63, 3.8) is 0 Å². The minimum absolute atomic E-state index is 0.177. The third kappa shape index (κ3) is 4.49. The Hall–Kier alpha value is -3.12. The van der Waals surface area contributed by atoms with Gasteiger partial charge in [0, 0.05) is 12.7 Å². The molecule has 0 fully saturated rings. The molecule has 0 spiro atoms. The second-order valence-electron chi connectivity index (χ2n) is 6.81. The minimum Gasteiger partial charge on any atom is -0.322 e. The Morgan fingerprint density at radius 2 is 1.55 bits per heavy atom. The van der Waals surface area contributed by atoms with E-state index in [-0.39, 0.29) is 16.4 Å². The summed E-state index contributed by atoms with van der Waals surface area (Å²) in [7, 11) is -2.34. The van der Waals surface area contributed by atoms with Gasteiger partial charge in [0.2, 0.25) is 0 Å². The molecule has 3 aromatic rings. The summed E-state index contributed by atoms with van der Waals surface area (Å²) < 4.78 is 27.2. The van der Waals surface area contributed by atoms with E-state index in [2.05, 4.69) is 12.2 Å². The van der Waals surface area contributed by atoms with E-state index in [1.807, 2.05) is 31.2 Å². The molecule has 0 saturated carbocycles. The monoisotopic (exact) mass is 408 g/mol. The topological polar surface area (TPSA) is 66.5 Å². The quantitative estimate of drug-likeness (QED) is 0.646. The molecule has 0 aliphatic heterocycles. The Morgan fingerprint density at radius 1 is 0.931 bits per heavy atom. The summed E-state index contributed by atoms with van der Waals surface area (Å²) in [6.45, 7) is 3.96. The van der Waals surface area contributed by atoms with Gasteiger partial charge in [0.05, 0.1) is 16.1 Å². The van der Waals surface area contributed by atoms with Crippen LogP contribution in [0.5, 0.6) is 0 Å². The number of benzene rings is 3. The average molecular weight is 409 g/mol.